The van der Waals surface area contributed by atoms with E-state index in [2.05, 4.69) is 9.88 Å². The van der Waals surface area contributed by atoms with E-state index >= 15 is 0 Å². The molecule has 0 radical (unpaired) electrons. The van der Waals surface area contributed by atoms with Gasteiger partial charge in [-0.15, -0.1) is 0 Å². The van der Waals surface area contributed by atoms with Gasteiger partial charge in [0.15, 0.2) is 5.96 Å². The number of H-pyrrole nitrogens is 1. The standard InChI is InChI=1S/C18H25N5O3/c1-22(18(19)20)17(24)15-11-13-14(21-15)9-12(10-16(13)25-2)26-8-7-23-5-3-4-6-23/h9-11,21H,3-8H2,1-2H3,(H3,19,20). The van der Waals surface area contributed by atoms with Gasteiger partial charge in [0.25, 0.3) is 5.91 Å². The lowest BCUT2D eigenvalue weighted by Crippen LogP contribution is -2.38. The number of hydrogen-bond acceptors (Lipinski definition) is 5. The first-order valence-electron chi connectivity index (χ1n) is 8.67. The van der Waals surface area contributed by atoms with Crippen LogP contribution in [0.5, 0.6) is 11.5 Å². The highest BCUT2D eigenvalue weighted by Crippen LogP contribution is 2.32. The predicted molar refractivity (Wildman–Crippen MR) is 100 cm³/mol. The lowest BCUT2D eigenvalue weighted by molar-refractivity contribution is 0.0864. The summed E-state index contributed by atoms with van der Waals surface area (Å²) in [6, 6.07) is 5.37. The van der Waals surface area contributed by atoms with Crippen LogP contribution in [-0.4, -0.2) is 67.0 Å². The first-order chi connectivity index (χ1) is 12.5. The molecule has 1 aliphatic heterocycles. The number of nitrogens with zero attached hydrogens (tertiary/aromatic N) is 2. The molecule has 0 bridgehead atoms. The largest absolute Gasteiger partial charge is 0.496 e. The van der Waals surface area contributed by atoms with Crippen molar-refractivity contribution in [1.29, 1.82) is 5.41 Å². The first kappa shape index (κ1) is 18.1. The van der Waals surface area contributed by atoms with Crippen LogP contribution >= 0.6 is 0 Å². The van der Waals surface area contributed by atoms with Crippen LogP contribution in [0.25, 0.3) is 10.9 Å². The zero-order valence-electron chi connectivity index (χ0n) is 15.2. The number of fused-ring (bicyclic) bond motifs is 1. The van der Waals surface area contributed by atoms with Gasteiger partial charge in [-0.3, -0.25) is 20.0 Å². The van der Waals surface area contributed by atoms with Crippen molar-refractivity contribution in [2.75, 3.05) is 40.4 Å². The zero-order chi connectivity index (χ0) is 18.7. The number of aromatic amines is 1. The van der Waals surface area contributed by atoms with Gasteiger partial charge in [-0.05, 0) is 32.0 Å². The number of guanidine groups is 1. The Bertz CT molecular complexity index is 811. The second kappa shape index (κ2) is 7.65. The molecule has 1 saturated heterocycles. The molecule has 0 saturated carbocycles. The van der Waals surface area contributed by atoms with Crippen LogP contribution in [0.4, 0.5) is 0 Å². The molecule has 0 atom stereocenters. The molecule has 1 aromatic carbocycles. The van der Waals surface area contributed by atoms with Gasteiger partial charge < -0.3 is 20.2 Å². The Morgan fingerprint density at radius 2 is 2.08 bits per heavy atom. The fourth-order valence-corrected chi connectivity index (χ4v) is 3.14. The van der Waals surface area contributed by atoms with E-state index in [1.165, 1.54) is 19.9 Å². The highest BCUT2D eigenvalue weighted by molar-refractivity contribution is 6.06. The van der Waals surface area contributed by atoms with E-state index in [-0.39, 0.29) is 11.9 Å². The number of nitrogens with two attached hydrogens (primary N) is 1. The van der Waals surface area contributed by atoms with Crippen LogP contribution in [-0.2, 0) is 0 Å². The molecule has 0 spiro atoms. The first-order valence-corrected chi connectivity index (χ1v) is 8.67. The molecule has 4 N–H and O–H groups in total. The van der Waals surface area contributed by atoms with Gasteiger partial charge in [0.1, 0.15) is 23.8 Å². The van der Waals surface area contributed by atoms with Gasteiger partial charge in [-0.1, -0.05) is 0 Å². The van der Waals surface area contributed by atoms with E-state index in [0.717, 1.165) is 35.4 Å². The lowest BCUT2D eigenvalue weighted by atomic mass is 10.2. The van der Waals surface area contributed by atoms with E-state index < -0.39 is 0 Å². The summed E-state index contributed by atoms with van der Waals surface area (Å²) in [6.45, 7) is 3.78. The summed E-state index contributed by atoms with van der Waals surface area (Å²) in [4.78, 5) is 18.9. The minimum Gasteiger partial charge on any atom is -0.496 e. The maximum atomic E-state index is 12.4. The molecule has 8 nitrogen and oxygen atoms in total. The van der Waals surface area contributed by atoms with Gasteiger partial charge in [0.05, 0.1) is 12.6 Å². The van der Waals surface area contributed by atoms with Gasteiger partial charge in [0, 0.05) is 31.1 Å². The van der Waals surface area contributed by atoms with E-state index in [4.69, 9.17) is 20.6 Å². The summed E-state index contributed by atoms with van der Waals surface area (Å²) >= 11 is 0. The van der Waals surface area contributed by atoms with Gasteiger partial charge in [0.2, 0.25) is 0 Å². The molecule has 1 fully saturated rings. The van der Waals surface area contributed by atoms with Crippen LogP contribution in [0.15, 0.2) is 18.2 Å². The number of carbonyl (C=O) groups is 1. The van der Waals surface area contributed by atoms with Crippen molar-refractivity contribution >= 4 is 22.8 Å². The molecule has 1 amide bonds. The minimum absolute atomic E-state index is 0.313. The van der Waals surface area contributed by atoms with Crippen molar-refractivity contribution in [2.24, 2.45) is 5.73 Å². The topological polar surface area (TPSA) is 108 Å². The monoisotopic (exact) mass is 359 g/mol. The SMILES string of the molecule is COc1cc(OCCN2CCCC2)cc2[nH]c(C(=O)N(C)C(=N)N)cc12. The maximum Gasteiger partial charge on any atom is 0.276 e. The Hall–Kier alpha value is -2.74. The average Bonchev–Trinajstić information content (AvgIpc) is 3.29. The van der Waals surface area contributed by atoms with Crippen LogP contribution in [0, 0.1) is 5.41 Å². The lowest BCUT2D eigenvalue weighted by Gasteiger charge is -2.15. The number of methoxy groups -OCH3 is 1. The molecule has 2 heterocycles. The molecule has 0 aliphatic carbocycles. The van der Waals surface area contributed by atoms with Crippen LogP contribution in [0.2, 0.25) is 0 Å². The maximum absolute atomic E-state index is 12.4. The molecule has 0 unspecified atom stereocenters. The molecule has 26 heavy (non-hydrogen) atoms. The fraction of sp³-hybridized carbons (Fsp3) is 0.444. The summed E-state index contributed by atoms with van der Waals surface area (Å²) in [6.07, 6.45) is 2.52. The van der Waals surface area contributed by atoms with Crippen molar-refractivity contribution in [2.45, 2.75) is 12.8 Å². The normalized spacial score (nSPS) is 14.5. The van der Waals surface area contributed by atoms with Gasteiger partial charge in [-0.2, -0.15) is 0 Å². The highest BCUT2D eigenvalue weighted by Gasteiger charge is 2.18. The Balaban J connectivity index is 1.78. The third kappa shape index (κ3) is 3.75. The smallest absolute Gasteiger partial charge is 0.276 e. The molecular formula is C18H25N5O3. The number of aromatic nitrogens is 1. The average molecular weight is 359 g/mol. The van der Waals surface area contributed by atoms with Crippen LogP contribution in [0.3, 0.4) is 0 Å². The molecule has 2 aromatic rings. The van der Waals surface area contributed by atoms with Crippen molar-refractivity contribution in [3.63, 3.8) is 0 Å². The Kier molecular flexibility index (Phi) is 5.32. The van der Waals surface area contributed by atoms with E-state index in [0.29, 0.717) is 23.8 Å². The third-order valence-corrected chi connectivity index (χ3v) is 4.66. The number of likely N-dealkylation sites (tertiary alicyclic amines) is 1. The van der Waals surface area contributed by atoms with Gasteiger partial charge in [-0.25, -0.2) is 0 Å². The molecular weight excluding hydrogens is 334 g/mol. The van der Waals surface area contributed by atoms with Crippen molar-refractivity contribution in [3.8, 4) is 11.5 Å². The predicted octanol–water partition coefficient (Wildman–Crippen LogP) is 1.62. The number of carbonyl (C=O) groups excluding carboxylic acids is 1. The highest BCUT2D eigenvalue weighted by atomic mass is 16.5. The van der Waals surface area contributed by atoms with Crippen molar-refractivity contribution < 1.29 is 14.3 Å². The Morgan fingerprint density at radius 3 is 2.73 bits per heavy atom. The number of nitrogens with one attached hydrogen (secondary N) is 2. The van der Waals surface area contributed by atoms with Crippen molar-refractivity contribution in [3.05, 3.63) is 23.9 Å². The number of amides is 1. The second-order valence-electron chi connectivity index (χ2n) is 6.42. The quantitative estimate of drug-likeness (QED) is 0.536. The van der Waals surface area contributed by atoms with Crippen LogP contribution < -0.4 is 15.2 Å². The molecule has 8 heteroatoms. The second-order valence-corrected chi connectivity index (χ2v) is 6.42. The number of hydrogen-bond donors (Lipinski definition) is 3. The minimum atomic E-state index is -0.382. The molecule has 3 rings (SSSR count). The Morgan fingerprint density at radius 1 is 1.35 bits per heavy atom. The molecule has 1 aliphatic rings. The van der Waals surface area contributed by atoms with Crippen LogP contribution in [0.1, 0.15) is 23.3 Å². The number of rotatable bonds is 6. The van der Waals surface area contributed by atoms with E-state index in [9.17, 15) is 4.79 Å². The summed E-state index contributed by atoms with van der Waals surface area (Å²) in [7, 11) is 3.04. The molecule has 140 valence electrons. The Labute approximate surface area is 152 Å². The van der Waals surface area contributed by atoms with Gasteiger partial charge >= 0.3 is 0 Å². The zero-order valence-corrected chi connectivity index (χ0v) is 15.2. The third-order valence-electron chi connectivity index (χ3n) is 4.66. The van der Waals surface area contributed by atoms with Crippen molar-refractivity contribution in [1.82, 2.24) is 14.8 Å². The summed E-state index contributed by atoms with van der Waals surface area (Å²) in [5.41, 5.74) is 6.46. The number of ether oxygens (including phenoxy) is 2. The van der Waals surface area contributed by atoms with E-state index in [1.54, 1.807) is 13.2 Å². The molecule has 1 aromatic heterocycles. The summed E-state index contributed by atoms with van der Waals surface area (Å²) in [5, 5.41) is 8.17. The number of benzene rings is 1. The summed E-state index contributed by atoms with van der Waals surface area (Å²) in [5.74, 6) is 0.618. The fourth-order valence-electron chi connectivity index (χ4n) is 3.14. The summed E-state index contributed by atoms with van der Waals surface area (Å²) < 4.78 is 11.3. The van der Waals surface area contributed by atoms with E-state index in [1.807, 2.05) is 12.1 Å².